The van der Waals surface area contributed by atoms with Crippen molar-refractivity contribution in [2.24, 2.45) is 0 Å². The first kappa shape index (κ1) is 17.3. The predicted octanol–water partition coefficient (Wildman–Crippen LogP) is 4.67. The summed E-state index contributed by atoms with van der Waals surface area (Å²) in [6.45, 7) is 0. The largest absolute Gasteiger partial charge is 0.416 e. The number of hydrogen-bond donors (Lipinski definition) is 2. The van der Waals surface area contributed by atoms with Crippen molar-refractivity contribution in [2.75, 3.05) is 5.43 Å². The highest BCUT2D eigenvalue weighted by atomic mass is 127. The number of benzene rings is 2. The molecule has 3 nitrogen and oxygen atoms in total. The lowest BCUT2D eigenvalue weighted by atomic mass is 10.1. The molecular formula is C14H9F3I2N2O. The van der Waals surface area contributed by atoms with E-state index in [-0.39, 0.29) is 5.56 Å². The highest BCUT2D eigenvalue weighted by Gasteiger charge is 2.30. The van der Waals surface area contributed by atoms with E-state index < -0.39 is 17.6 Å². The number of nitrogens with one attached hydrogen (secondary N) is 2. The zero-order valence-corrected chi connectivity index (χ0v) is 15.2. The van der Waals surface area contributed by atoms with E-state index in [2.05, 4.69) is 56.0 Å². The van der Waals surface area contributed by atoms with Crippen molar-refractivity contribution >= 4 is 56.8 Å². The number of carbonyl (C=O) groups is 1. The first-order valence-corrected chi connectivity index (χ1v) is 8.12. The standard InChI is InChI=1S/C14H9F3I2N2O/c15-14(16,17)9-3-1-2-8(6-9)13(22)21-20-12-5-4-10(18)7-11(12)19/h1-7,20H,(H,21,22). The van der Waals surface area contributed by atoms with Crippen LogP contribution in [-0.2, 0) is 6.18 Å². The van der Waals surface area contributed by atoms with Crippen LogP contribution in [0.4, 0.5) is 18.9 Å². The Morgan fingerprint density at radius 1 is 1.05 bits per heavy atom. The van der Waals surface area contributed by atoms with Crippen molar-refractivity contribution in [3.8, 4) is 0 Å². The minimum Gasteiger partial charge on any atom is -0.297 e. The first-order chi connectivity index (χ1) is 10.3. The average molecular weight is 532 g/mol. The molecule has 0 heterocycles. The molecule has 2 aromatic rings. The van der Waals surface area contributed by atoms with Crippen molar-refractivity contribution < 1.29 is 18.0 Å². The Labute approximate surface area is 151 Å². The van der Waals surface area contributed by atoms with Crippen molar-refractivity contribution in [1.82, 2.24) is 5.43 Å². The maximum atomic E-state index is 12.6. The van der Waals surface area contributed by atoms with Crippen LogP contribution in [-0.4, -0.2) is 5.91 Å². The Balaban J connectivity index is 2.09. The van der Waals surface area contributed by atoms with Crippen LogP contribution < -0.4 is 10.9 Å². The molecule has 0 unspecified atom stereocenters. The lowest BCUT2D eigenvalue weighted by molar-refractivity contribution is -0.137. The molecule has 0 spiro atoms. The lowest BCUT2D eigenvalue weighted by Crippen LogP contribution is -2.30. The fraction of sp³-hybridized carbons (Fsp3) is 0.0714. The molecule has 2 rings (SSSR count). The minimum absolute atomic E-state index is 0.0668. The second kappa shape index (κ2) is 7.02. The van der Waals surface area contributed by atoms with Crippen LogP contribution in [0.2, 0.25) is 0 Å². The van der Waals surface area contributed by atoms with Crippen molar-refractivity contribution in [2.45, 2.75) is 6.18 Å². The van der Waals surface area contributed by atoms with Gasteiger partial charge < -0.3 is 0 Å². The van der Waals surface area contributed by atoms with E-state index in [0.717, 1.165) is 19.3 Å². The van der Waals surface area contributed by atoms with Crippen LogP contribution in [0.15, 0.2) is 42.5 Å². The summed E-state index contributed by atoms with van der Waals surface area (Å²) in [5.74, 6) is -0.638. The monoisotopic (exact) mass is 532 g/mol. The van der Waals surface area contributed by atoms with Crippen LogP contribution >= 0.6 is 45.2 Å². The van der Waals surface area contributed by atoms with Crippen LogP contribution in [0.3, 0.4) is 0 Å². The quantitative estimate of drug-likeness (QED) is 0.446. The average Bonchev–Trinajstić information content (AvgIpc) is 2.45. The first-order valence-electron chi connectivity index (χ1n) is 5.96. The molecule has 0 aliphatic carbocycles. The predicted molar refractivity (Wildman–Crippen MR) is 94.4 cm³/mol. The molecule has 0 aliphatic rings. The Morgan fingerprint density at radius 2 is 1.77 bits per heavy atom. The van der Waals surface area contributed by atoms with E-state index >= 15 is 0 Å². The second-order valence-electron chi connectivity index (χ2n) is 4.28. The molecule has 2 N–H and O–H groups in total. The summed E-state index contributed by atoms with van der Waals surface area (Å²) in [5.41, 5.74) is 4.84. The summed E-state index contributed by atoms with van der Waals surface area (Å²) in [7, 11) is 0. The molecule has 8 heteroatoms. The van der Waals surface area contributed by atoms with Gasteiger partial charge in [-0.1, -0.05) is 6.07 Å². The molecule has 0 atom stereocenters. The molecule has 0 aliphatic heterocycles. The maximum absolute atomic E-state index is 12.6. The Hall–Kier alpha value is -1.04. The number of carbonyl (C=O) groups excluding carboxylic acids is 1. The summed E-state index contributed by atoms with van der Waals surface area (Å²) in [4.78, 5) is 11.9. The van der Waals surface area contributed by atoms with E-state index in [9.17, 15) is 18.0 Å². The molecule has 116 valence electrons. The van der Waals surface area contributed by atoms with Gasteiger partial charge in [0.15, 0.2) is 0 Å². The summed E-state index contributed by atoms with van der Waals surface area (Å²) < 4.78 is 39.8. The summed E-state index contributed by atoms with van der Waals surface area (Å²) in [5, 5.41) is 0. The molecule has 0 radical (unpaired) electrons. The van der Waals surface area contributed by atoms with Gasteiger partial charge in [-0.25, -0.2) is 0 Å². The van der Waals surface area contributed by atoms with E-state index in [0.29, 0.717) is 5.69 Å². The molecular weight excluding hydrogens is 523 g/mol. The SMILES string of the molecule is O=C(NNc1ccc(I)cc1I)c1cccc(C(F)(F)F)c1. The van der Waals surface area contributed by atoms with Gasteiger partial charge in [0.25, 0.3) is 5.91 Å². The number of alkyl halides is 3. The Bertz CT molecular complexity index is 705. The fourth-order valence-electron chi connectivity index (χ4n) is 1.62. The topological polar surface area (TPSA) is 41.1 Å². The number of rotatable bonds is 3. The Kier molecular flexibility index (Phi) is 5.53. The van der Waals surface area contributed by atoms with Gasteiger partial charge in [-0.3, -0.25) is 15.6 Å². The number of anilines is 1. The molecule has 1 amide bonds. The van der Waals surface area contributed by atoms with Gasteiger partial charge in [0.1, 0.15) is 0 Å². The third kappa shape index (κ3) is 4.48. The Morgan fingerprint density at radius 3 is 2.41 bits per heavy atom. The van der Waals surface area contributed by atoms with Gasteiger partial charge in [-0.05, 0) is 81.6 Å². The van der Waals surface area contributed by atoms with Gasteiger partial charge in [0.2, 0.25) is 0 Å². The lowest BCUT2D eigenvalue weighted by Gasteiger charge is -2.12. The van der Waals surface area contributed by atoms with E-state index in [1.807, 2.05) is 12.1 Å². The minimum atomic E-state index is -4.48. The highest BCUT2D eigenvalue weighted by molar-refractivity contribution is 14.1. The van der Waals surface area contributed by atoms with Crippen LogP contribution in [0.1, 0.15) is 15.9 Å². The van der Waals surface area contributed by atoms with Gasteiger partial charge >= 0.3 is 6.18 Å². The smallest absolute Gasteiger partial charge is 0.297 e. The van der Waals surface area contributed by atoms with E-state index in [1.54, 1.807) is 6.07 Å². The number of halogens is 5. The fourth-order valence-corrected chi connectivity index (χ4v) is 3.36. The van der Waals surface area contributed by atoms with Gasteiger partial charge in [-0.15, -0.1) is 0 Å². The number of amides is 1. The van der Waals surface area contributed by atoms with Crippen LogP contribution in [0.25, 0.3) is 0 Å². The highest BCUT2D eigenvalue weighted by Crippen LogP contribution is 2.29. The van der Waals surface area contributed by atoms with Crippen molar-refractivity contribution in [3.05, 3.63) is 60.7 Å². The summed E-state index contributed by atoms with van der Waals surface area (Å²) in [6.07, 6.45) is -4.48. The second-order valence-corrected chi connectivity index (χ2v) is 6.69. The molecule has 22 heavy (non-hydrogen) atoms. The third-order valence-electron chi connectivity index (χ3n) is 2.69. The normalized spacial score (nSPS) is 11.1. The maximum Gasteiger partial charge on any atom is 0.416 e. The van der Waals surface area contributed by atoms with Crippen molar-refractivity contribution in [3.63, 3.8) is 0 Å². The van der Waals surface area contributed by atoms with E-state index in [1.165, 1.54) is 12.1 Å². The van der Waals surface area contributed by atoms with Crippen molar-refractivity contribution in [1.29, 1.82) is 0 Å². The molecule has 0 aromatic heterocycles. The molecule has 0 saturated heterocycles. The third-order valence-corrected chi connectivity index (χ3v) is 4.26. The van der Waals surface area contributed by atoms with E-state index in [4.69, 9.17) is 0 Å². The number of hydrogen-bond acceptors (Lipinski definition) is 2. The van der Waals surface area contributed by atoms with Crippen LogP contribution in [0.5, 0.6) is 0 Å². The zero-order valence-electron chi connectivity index (χ0n) is 10.8. The van der Waals surface area contributed by atoms with Gasteiger partial charge in [0.05, 0.1) is 11.3 Å². The summed E-state index contributed by atoms with van der Waals surface area (Å²) >= 11 is 4.25. The number of hydrazine groups is 1. The zero-order chi connectivity index (χ0) is 16.3. The van der Waals surface area contributed by atoms with Gasteiger partial charge in [0, 0.05) is 12.7 Å². The summed E-state index contributed by atoms with van der Waals surface area (Å²) in [6, 6.07) is 9.79. The van der Waals surface area contributed by atoms with Gasteiger partial charge in [-0.2, -0.15) is 13.2 Å². The molecule has 2 aromatic carbocycles. The van der Waals surface area contributed by atoms with Crippen LogP contribution in [0, 0.1) is 7.14 Å². The molecule has 0 bridgehead atoms. The molecule has 0 saturated carbocycles. The molecule has 0 fully saturated rings.